The first-order chi connectivity index (χ1) is 12.6. The third-order valence-electron chi connectivity index (χ3n) is 4.19. The van der Waals surface area contributed by atoms with Gasteiger partial charge in [-0.1, -0.05) is 28.4 Å². The Morgan fingerprint density at radius 3 is 2.46 bits per heavy atom. The van der Waals surface area contributed by atoms with Crippen molar-refractivity contribution in [3.05, 3.63) is 39.9 Å². The molecule has 1 aromatic carbocycles. The number of anilines is 1. The van der Waals surface area contributed by atoms with E-state index in [1.54, 1.807) is 18.2 Å². The number of aryl methyl sites for hydroxylation is 1. The van der Waals surface area contributed by atoms with Crippen LogP contribution in [0.15, 0.2) is 22.7 Å². The molecule has 0 bridgehead atoms. The molecule has 3 aromatic rings. The van der Waals surface area contributed by atoms with Gasteiger partial charge in [0.2, 0.25) is 5.82 Å². The molecule has 0 amide bonds. The number of nitrogens with zero attached hydrogens (tertiary/aromatic N) is 6. The molecule has 0 spiro atoms. The maximum atomic E-state index is 6.04. The second-order valence-corrected chi connectivity index (χ2v) is 7.03. The molecule has 1 fully saturated rings. The van der Waals surface area contributed by atoms with Crippen LogP contribution in [-0.4, -0.2) is 56.4 Å². The number of H-pyrrole nitrogens is 1. The molecule has 3 heterocycles. The summed E-state index contributed by atoms with van der Waals surface area (Å²) in [7, 11) is 0. The summed E-state index contributed by atoms with van der Waals surface area (Å²) in [5.41, 5.74) is 0.733. The van der Waals surface area contributed by atoms with Crippen LogP contribution in [0.2, 0.25) is 10.0 Å². The lowest BCUT2D eigenvalue weighted by Gasteiger charge is -2.32. The Labute approximate surface area is 160 Å². The van der Waals surface area contributed by atoms with Gasteiger partial charge in [0, 0.05) is 41.8 Å². The van der Waals surface area contributed by atoms with E-state index in [0.29, 0.717) is 21.9 Å². The summed E-state index contributed by atoms with van der Waals surface area (Å²) >= 11 is 12.1. The first-order valence-electron chi connectivity index (χ1n) is 8.22. The molecule has 2 aromatic heterocycles. The van der Waals surface area contributed by atoms with Gasteiger partial charge in [-0.25, -0.2) is 4.98 Å². The normalized spacial score (nSPS) is 15.6. The molecule has 0 saturated carbocycles. The molecule has 1 aliphatic heterocycles. The molecule has 8 nitrogen and oxygen atoms in total. The van der Waals surface area contributed by atoms with Gasteiger partial charge in [0.15, 0.2) is 5.82 Å². The number of hydrogen-bond donors (Lipinski definition) is 1. The summed E-state index contributed by atoms with van der Waals surface area (Å²) in [4.78, 5) is 13.2. The first-order valence-corrected chi connectivity index (χ1v) is 8.98. The fourth-order valence-electron chi connectivity index (χ4n) is 2.90. The molecule has 0 aliphatic carbocycles. The number of nitrogens with one attached hydrogen (secondary N) is 1. The Bertz CT molecular complexity index is 881. The number of rotatable bonds is 4. The average Bonchev–Trinajstić information content (AvgIpc) is 3.24. The van der Waals surface area contributed by atoms with Crippen LogP contribution in [-0.2, 0) is 6.54 Å². The van der Waals surface area contributed by atoms with Crippen LogP contribution in [0.3, 0.4) is 0 Å². The highest BCUT2D eigenvalue weighted by Gasteiger charge is 2.22. The molecular weight excluding hydrogens is 377 g/mol. The van der Waals surface area contributed by atoms with E-state index in [9.17, 15) is 0 Å². The second kappa shape index (κ2) is 7.22. The third-order valence-corrected chi connectivity index (χ3v) is 4.62. The Balaban J connectivity index is 1.40. The van der Waals surface area contributed by atoms with Crippen molar-refractivity contribution in [2.45, 2.75) is 13.5 Å². The van der Waals surface area contributed by atoms with Gasteiger partial charge in [0.25, 0.3) is 0 Å². The summed E-state index contributed by atoms with van der Waals surface area (Å²) in [6.07, 6.45) is 0. The smallest absolute Gasteiger partial charge is 0.322 e. The van der Waals surface area contributed by atoms with Crippen LogP contribution in [0.5, 0.6) is 0 Å². The number of aromatic amines is 1. The lowest BCUT2D eigenvalue weighted by atomic mass is 10.2. The summed E-state index contributed by atoms with van der Waals surface area (Å²) in [5.74, 6) is 2.12. The lowest BCUT2D eigenvalue weighted by Crippen LogP contribution is -2.46. The van der Waals surface area contributed by atoms with Crippen LogP contribution in [0.4, 0.5) is 6.01 Å². The SMILES string of the molecule is Cc1nc(CN2CCN(c3nc(-c4cc(Cl)cc(Cl)c4)no3)CC2)n[nH]1. The van der Waals surface area contributed by atoms with Gasteiger partial charge in [0.1, 0.15) is 5.82 Å². The Morgan fingerprint density at radius 1 is 1.08 bits per heavy atom. The molecule has 136 valence electrons. The molecule has 4 rings (SSSR count). The highest BCUT2D eigenvalue weighted by molar-refractivity contribution is 6.35. The van der Waals surface area contributed by atoms with Gasteiger partial charge < -0.3 is 9.42 Å². The van der Waals surface area contributed by atoms with Crippen LogP contribution in [0.25, 0.3) is 11.4 Å². The average molecular weight is 394 g/mol. The molecule has 1 N–H and O–H groups in total. The highest BCUT2D eigenvalue weighted by atomic mass is 35.5. The topological polar surface area (TPSA) is 87.0 Å². The van der Waals surface area contributed by atoms with Gasteiger partial charge >= 0.3 is 6.01 Å². The highest BCUT2D eigenvalue weighted by Crippen LogP contribution is 2.27. The Morgan fingerprint density at radius 2 is 1.81 bits per heavy atom. The van der Waals surface area contributed by atoms with Gasteiger partial charge in [-0.3, -0.25) is 10.00 Å². The number of piperazine rings is 1. The second-order valence-electron chi connectivity index (χ2n) is 6.16. The van der Waals surface area contributed by atoms with Crippen molar-refractivity contribution in [1.29, 1.82) is 0 Å². The summed E-state index contributed by atoms with van der Waals surface area (Å²) in [6.45, 7) is 5.95. The maximum Gasteiger partial charge on any atom is 0.324 e. The summed E-state index contributed by atoms with van der Waals surface area (Å²) < 4.78 is 5.43. The van der Waals surface area contributed by atoms with E-state index in [2.05, 4.69) is 35.1 Å². The number of aromatic nitrogens is 5. The minimum Gasteiger partial charge on any atom is -0.322 e. The van der Waals surface area contributed by atoms with E-state index in [4.69, 9.17) is 27.7 Å². The minimum absolute atomic E-state index is 0.475. The summed E-state index contributed by atoms with van der Waals surface area (Å²) in [6, 6.07) is 5.70. The Hall–Kier alpha value is -2.16. The van der Waals surface area contributed by atoms with Gasteiger partial charge in [-0.05, 0) is 25.1 Å². The molecular formula is C16H17Cl2N7O. The van der Waals surface area contributed by atoms with E-state index in [1.165, 1.54) is 0 Å². The van der Waals surface area contributed by atoms with Gasteiger partial charge in [-0.2, -0.15) is 10.1 Å². The summed E-state index contributed by atoms with van der Waals surface area (Å²) in [5, 5.41) is 12.2. The first kappa shape index (κ1) is 17.3. The zero-order chi connectivity index (χ0) is 18.1. The van der Waals surface area contributed by atoms with E-state index in [0.717, 1.165) is 49.9 Å². The van der Waals surface area contributed by atoms with Gasteiger partial charge in [0.05, 0.1) is 6.54 Å². The van der Waals surface area contributed by atoms with Crippen molar-refractivity contribution >= 4 is 29.2 Å². The molecule has 1 saturated heterocycles. The maximum absolute atomic E-state index is 6.04. The fourth-order valence-corrected chi connectivity index (χ4v) is 3.43. The standard InChI is InChI=1S/C16H17Cl2N7O/c1-10-19-14(22-21-10)9-24-2-4-25(5-3-24)16-20-15(23-26-16)11-6-12(17)8-13(18)7-11/h6-8H,2-5,9H2,1H3,(H,19,21,22). The molecule has 0 radical (unpaired) electrons. The molecule has 0 unspecified atom stereocenters. The number of halogens is 2. The zero-order valence-electron chi connectivity index (χ0n) is 14.1. The fraction of sp³-hybridized carbons (Fsp3) is 0.375. The van der Waals surface area contributed by atoms with Crippen molar-refractivity contribution < 1.29 is 4.52 Å². The van der Waals surface area contributed by atoms with Crippen molar-refractivity contribution in [2.24, 2.45) is 0 Å². The lowest BCUT2D eigenvalue weighted by molar-refractivity contribution is 0.237. The quantitative estimate of drug-likeness (QED) is 0.728. The predicted molar refractivity (Wildman–Crippen MR) is 98.4 cm³/mol. The Kier molecular flexibility index (Phi) is 4.80. The van der Waals surface area contributed by atoms with Crippen LogP contribution >= 0.6 is 23.2 Å². The molecule has 26 heavy (non-hydrogen) atoms. The van der Waals surface area contributed by atoms with Crippen LogP contribution in [0.1, 0.15) is 11.6 Å². The minimum atomic E-state index is 0.475. The van der Waals surface area contributed by atoms with Crippen molar-refractivity contribution in [3.63, 3.8) is 0 Å². The van der Waals surface area contributed by atoms with Crippen LogP contribution < -0.4 is 4.90 Å². The van der Waals surface area contributed by atoms with Crippen molar-refractivity contribution in [1.82, 2.24) is 30.2 Å². The largest absolute Gasteiger partial charge is 0.324 e. The molecule has 10 heteroatoms. The number of hydrogen-bond acceptors (Lipinski definition) is 7. The molecule has 1 aliphatic rings. The van der Waals surface area contributed by atoms with E-state index in [-0.39, 0.29) is 0 Å². The van der Waals surface area contributed by atoms with Crippen molar-refractivity contribution in [3.8, 4) is 11.4 Å². The van der Waals surface area contributed by atoms with Gasteiger partial charge in [-0.15, -0.1) is 0 Å². The number of benzene rings is 1. The zero-order valence-corrected chi connectivity index (χ0v) is 15.6. The van der Waals surface area contributed by atoms with E-state index < -0.39 is 0 Å². The predicted octanol–water partition coefficient (Wildman–Crippen LogP) is 2.79. The van der Waals surface area contributed by atoms with E-state index >= 15 is 0 Å². The van der Waals surface area contributed by atoms with Crippen LogP contribution in [0, 0.1) is 6.92 Å². The van der Waals surface area contributed by atoms with E-state index in [1.807, 2.05) is 6.92 Å². The third kappa shape index (κ3) is 3.82. The molecule has 0 atom stereocenters. The van der Waals surface area contributed by atoms with Crippen molar-refractivity contribution in [2.75, 3.05) is 31.1 Å². The monoisotopic (exact) mass is 393 g/mol.